The number of aromatic nitrogens is 4. The van der Waals surface area contributed by atoms with Crippen LogP contribution in [-0.4, -0.2) is 60.1 Å². The van der Waals surface area contributed by atoms with Crippen molar-refractivity contribution >= 4 is 11.8 Å². The lowest BCUT2D eigenvalue weighted by atomic mass is 9.85. The van der Waals surface area contributed by atoms with Gasteiger partial charge in [0.15, 0.2) is 0 Å². The molecule has 3 aromatic rings. The second-order valence-corrected chi connectivity index (χ2v) is 11.7. The second-order valence-electron chi connectivity index (χ2n) is 11.7. The quantitative estimate of drug-likeness (QED) is 0.460. The number of carbonyl (C=O) groups excluding carboxylic acids is 2. The highest BCUT2D eigenvalue weighted by molar-refractivity contribution is 5.90. The first-order valence-corrected chi connectivity index (χ1v) is 13.5. The lowest BCUT2D eigenvalue weighted by Gasteiger charge is -2.35. The van der Waals surface area contributed by atoms with Crippen molar-refractivity contribution in [2.75, 3.05) is 6.54 Å². The highest BCUT2D eigenvalue weighted by Gasteiger charge is 2.45. The van der Waals surface area contributed by atoms with Gasteiger partial charge in [-0.3, -0.25) is 14.4 Å². The summed E-state index contributed by atoms with van der Waals surface area (Å²) in [5.41, 5.74) is 1.03. The monoisotopic (exact) mass is 532 g/mol. The third kappa shape index (κ3) is 5.95. The molecule has 2 amide bonds. The van der Waals surface area contributed by atoms with E-state index in [1.807, 2.05) is 57.3 Å². The van der Waals surface area contributed by atoms with Crippen molar-refractivity contribution in [3.8, 4) is 0 Å². The predicted octanol–water partition coefficient (Wildman–Crippen LogP) is 2.42. The molecule has 0 spiro atoms. The molecule has 5 rings (SSSR count). The molecule has 1 aliphatic heterocycles. The molecule has 2 aliphatic rings. The van der Waals surface area contributed by atoms with Gasteiger partial charge < -0.3 is 19.9 Å². The van der Waals surface area contributed by atoms with Crippen LogP contribution < -0.4 is 10.9 Å². The third-order valence-electron chi connectivity index (χ3n) is 7.50. The van der Waals surface area contributed by atoms with E-state index in [0.717, 1.165) is 24.1 Å². The maximum atomic E-state index is 14.0. The zero-order chi connectivity index (χ0) is 27.7. The fourth-order valence-corrected chi connectivity index (χ4v) is 5.32. The summed E-state index contributed by atoms with van der Waals surface area (Å²) in [5, 5.41) is 22.2. The van der Waals surface area contributed by atoms with Crippen LogP contribution in [0.25, 0.3) is 0 Å². The van der Waals surface area contributed by atoms with Gasteiger partial charge in [-0.2, -0.15) is 0 Å². The van der Waals surface area contributed by atoms with Gasteiger partial charge in [-0.1, -0.05) is 62.4 Å². The van der Waals surface area contributed by atoms with Gasteiger partial charge in [0.25, 0.3) is 5.56 Å². The van der Waals surface area contributed by atoms with E-state index in [1.165, 1.54) is 11.0 Å². The Morgan fingerprint density at radius 1 is 1.10 bits per heavy atom. The van der Waals surface area contributed by atoms with Crippen LogP contribution in [0.1, 0.15) is 69.3 Å². The molecule has 39 heavy (non-hydrogen) atoms. The molecular weight excluding hydrogens is 496 g/mol. The van der Waals surface area contributed by atoms with E-state index in [4.69, 9.17) is 0 Å². The minimum absolute atomic E-state index is 0.0574. The molecule has 2 N–H and O–H groups in total. The van der Waals surface area contributed by atoms with Gasteiger partial charge in [0, 0.05) is 37.3 Å². The first-order valence-electron chi connectivity index (χ1n) is 13.5. The topological polar surface area (TPSA) is 122 Å². The minimum atomic E-state index is -0.859. The second kappa shape index (κ2) is 10.8. The largest absolute Gasteiger partial charge is 0.391 e. The van der Waals surface area contributed by atoms with E-state index in [1.54, 1.807) is 27.6 Å². The van der Waals surface area contributed by atoms with E-state index < -0.39 is 29.6 Å². The van der Waals surface area contributed by atoms with Crippen molar-refractivity contribution in [1.29, 1.82) is 0 Å². The zero-order valence-corrected chi connectivity index (χ0v) is 22.6. The first kappa shape index (κ1) is 26.8. The van der Waals surface area contributed by atoms with E-state index in [9.17, 15) is 19.5 Å². The van der Waals surface area contributed by atoms with Crippen LogP contribution in [0.15, 0.2) is 65.7 Å². The number of hydrogen-bond donors (Lipinski definition) is 2. The Hall–Kier alpha value is -3.79. The average molecular weight is 533 g/mol. The van der Waals surface area contributed by atoms with Crippen LogP contribution in [0.4, 0.5) is 0 Å². The van der Waals surface area contributed by atoms with Gasteiger partial charge in [0.1, 0.15) is 12.1 Å². The summed E-state index contributed by atoms with van der Waals surface area (Å²) in [4.78, 5) is 41.7. The maximum Gasteiger partial charge on any atom is 0.250 e. The number of hydrogen-bond acceptors (Lipinski definition) is 6. The SMILES string of the molecule is CC(C)(C)[C@@H](C(=O)N1CC(O)CC1C(=O)NC(Cn1ccccc1=O)c1ccccc1)n1cc(C2CC2)nn1. The Kier molecular flexibility index (Phi) is 7.40. The summed E-state index contributed by atoms with van der Waals surface area (Å²) < 4.78 is 3.16. The number of benzene rings is 1. The molecular formula is C29H36N6O4. The lowest BCUT2D eigenvalue weighted by Crippen LogP contribution is -2.51. The Morgan fingerprint density at radius 2 is 1.82 bits per heavy atom. The predicted molar refractivity (Wildman–Crippen MR) is 145 cm³/mol. The number of pyridine rings is 1. The average Bonchev–Trinajstić information content (AvgIpc) is 3.51. The molecule has 10 heteroatoms. The van der Waals surface area contributed by atoms with Crippen molar-refractivity contribution in [1.82, 2.24) is 29.8 Å². The smallest absolute Gasteiger partial charge is 0.250 e. The molecule has 2 fully saturated rings. The van der Waals surface area contributed by atoms with Crippen LogP contribution in [0.3, 0.4) is 0 Å². The highest BCUT2D eigenvalue weighted by Crippen LogP contribution is 2.40. The number of likely N-dealkylation sites (tertiary alicyclic amines) is 1. The Bertz CT molecular complexity index is 1370. The van der Waals surface area contributed by atoms with Crippen molar-refractivity contribution in [3.05, 3.63) is 82.5 Å². The number of carbonyl (C=O) groups is 2. The number of rotatable bonds is 8. The highest BCUT2D eigenvalue weighted by atomic mass is 16.3. The molecule has 3 unspecified atom stereocenters. The van der Waals surface area contributed by atoms with E-state index >= 15 is 0 Å². The summed E-state index contributed by atoms with van der Waals surface area (Å²) in [5.74, 6) is -0.252. The van der Waals surface area contributed by atoms with Crippen molar-refractivity contribution in [2.24, 2.45) is 5.41 Å². The molecule has 2 aromatic heterocycles. The normalized spacial score (nSPS) is 21.0. The van der Waals surface area contributed by atoms with Gasteiger partial charge >= 0.3 is 0 Å². The molecule has 206 valence electrons. The maximum absolute atomic E-state index is 14.0. The molecule has 10 nitrogen and oxygen atoms in total. The number of amides is 2. The summed E-state index contributed by atoms with van der Waals surface area (Å²) in [6.45, 7) is 6.16. The van der Waals surface area contributed by atoms with Crippen LogP contribution in [-0.2, 0) is 16.1 Å². The van der Waals surface area contributed by atoms with Crippen molar-refractivity contribution in [3.63, 3.8) is 0 Å². The van der Waals surface area contributed by atoms with Gasteiger partial charge in [-0.15, -0.1) is 5.10 Å². The summed E-state index contributed by atoms with van der Waals surface area (Å²) in [6.07, 6.45) is 4.98. The number of aliphatic hydroxyl groups excluding tert-OH is 1. The van der Waals surface area contributed by atoms with Gasteiger partial charge in [-0.05, 0) is 29.9 Å². The Balaban J connectivity index is 1.40. The molecule has 1 saturated carbocycles. The van der Waals surface area contributed by atoms with Gasteiger partial charge in [0.05, 0.1) is 24.4 Å². The molecule has 4 atom stereocenters. The van der Waals surface area contributed by atoms with Crippen LogP contribution in [0.2, 0.25) is 0 Å². The molecule has 0 radical (unpaired) electrons. The summed E-state index contributed by atoms with van der Waals surface area (Å²) in [6, 6.07) is 12.3. The fraction of sp³-hybridized carbons (Fsp3) is 0.483. The molecule has 0 bridgehead atoms. The number of aliphatic hydroxyl groups is 1. The van der Waals surface area contributed by atoms with Crippen LogP contribution in [0.5, 0.6) is 0 Å². The van der Waals surface area contributed by atoms with Crippen molar-refractivity contribution < 1.29 is 14.7 Å². The van der Waals surface area contributed by atoms with E-state index in [0.29, 0.717) is 5.92 Å². The molecule has 1 aromatic carbocycles. The number of β-amino-alcohol motifs (C(OH)–C–C–N with tert-alkyl or cyclic N) is 1. The molecule has 1 aliphatic carbocycles. The zero-order valence-electron chi connectivity index (χ0n) is 22.6. The van der Waals surface area contributed by atoms with Crippen molar-refractivity contribution in [2.45, 2.75) is 76.7 Å². The van der Waals surface area contributed by atoms with E-state index in [2.05, 4.69) is 15.6 Å². The fourth-order valence-electron chi connectivity index (χ4n) is 5.32. The summed E-state index contributed by atoms with van der Waals surface area (Å²) in [7, 11) is 0. The minimum Gasteiger partial charge on any atom is -0.391 e. The third-order valence-corrected chi connectivity index (χ3v) is 7.50. The first-order chi connectivity index (χ1) is 18.6. The number of nitrogens with one attached hydrogen (secondary N) is 1. The van der Waals surface area contributed by atoms with Gasteiger partial charge in [0.2, 0.25) is 11.8 Å². The number of nitrogens with zero attached hydrogens (tertiary/aromatic N) is 5. The van der Waals surface area contributed by atoms with Crippen LogP contribution >= 0.6 is 0 Å². The summed E-state index contributed by atoms with van der Waals surface area (Å²) >= 11 is 0. The standard InChI is InChI=1S/C29H36N6O4/c1-29(2,3)26(35-18-23(31-32-35)20-12-13-20)28(39)34-16-21(36)15-24(34)27(38)30-22(19-9-5-4-6-10-19)17-33-14-8-7-11-25(33)37/h4-11,14,18,20-22,24,26,36H,12-13,15-17H2,1-3H3,(H,30,38)/t21?,22?,24?,26-/m1/s1. The Labute approximate surface area is 227 Å². The lowest BCUT2D eigenvalue weighted by molar-refractivity contribution is -0.144. The van der Waals surface area contributed by atoms with Gasteiger partial charge in [-0.25, -0.2) is 4.68 Å². The van der Waals surface area contributed by atoms with E-state index in [-0.39, 0.29) is 36.9 Å². The Morgan fingerprint density at radius 3 is 2.49 bits per heavy atom. The van der Waals surface area contributed by atoms with Crippen LogP contribution in [0, 0.1) is 5.41 Å². The molecule has 3 heterocycles. The molecule has 1 saturated heterocycles.